The number of aryl methyl sites for hydroxylation is 2. The van der Waals surface area contributed by atoms with Crippen molar-refractivity contribution in [3.63, 3.8) is 0 Å². The lowest BCUT2D eigenvalue weighted by molar-refractivity contribution is 0.613. The molecule has 3 nitrogen and oxygen atoms in total. The second kappa shape index (κ2) is 5.65. The first kappa shape index (κ1) is 13.6. The second-order valence-corrected chi connectivity index (χ2v) is 6.64. The highest BCUT2D eigenvalue weighted by molar-refractivity contribution is 7.19. The molecule has 1 N–H and O–H groups in total. The van der Waals surface area contributed by atoms with Crippen LogP contribution in [0.15, 0.2) is 30.6 Å². The maximum Gasteiger partial charge on any atom is 0.138 e. The van der Waals surface area contributed by atoms with Crippen molar-refractivity contribution >= 4 is 27.4 Å². The molecule has 1 aliphatic carbocycles. The fraction of sp³-hybridized carbons (Fsp3) is 0.294. The number of aromatic nitrogens is 2. The van der Waals surface area contributed by atoms with Crippen LogP contribution in [0.5, 0.6) is 0 Å². The van der Waals surface area contributed by atoms with Crippen LogP contribution < -0.4 is 5.32 Å². The first-order chi connectivity index (χ1) is 10.8. The van der Waals surface area contributed by atoms with Crippen molar-refractivity contribution in [3.05, 3.63) is 52.4 Å². The van der Waals surface area contributed by atoms with E-state index in [1.54, 1.807) is 29.8 Å². The zero-order chi connectivity index (χ0) is 14.9. The minimum atomic E-state index is -0.187. The maximum absolute atomic E-state index is 13.7. The van der Waals surface area contributed by atoms with E-state index in [-0.39, 0.29) is 5.82 Å². The molecule has 0 radical (unpaired) electrons. The second-order valence-electron chi connectivity index (χ2n) is 5.56. The summed E-state index contributed by atoms with van der Waals surface area (Å²) < 4.78 is 13.7. The Morgan fingerprint density at radius 3 is 2.91 bits per heavy atom. The van der Waals surface area contributed by atoms with Gasteiger partial charge in [0.15, 0.2) is 0 Å². The molecule has 4 rings (SSSR count). The van der Waals surface area contributed by atoms with E-state index in [4.69, 9.17) is 0 Å². The van der Waals surface area contributed by atoms with Crippen LogP contribution in [0.3, 0.4) is 0 Å². The van der Waals surface area contributed by atoms with E-state index in [1.165, 1.54) is 29.3 Å². The molecule has 112 valence electrons. The van der Waals surface area contributed by atoms with Gasteiger partial charge in [-0.2, -0.15) is 0 Å². The molecule has 0 atom stereocenters. The highest BCUT2D eigenvalue weighted by Crippen LogP contribution is 2.38. The van der Waals surface area contributed by atoms with Crippen LogP contribution in [-0.4, -0.2) is 9.97 Å². The molecule has 0 fully saturated rings. The average molecular weight is 313 g/mol. The lowest BCUT2D eigenvalue weighted by Crippen LogP contribution is -2.05. The summed E-state index contributed by atoms with van der Waals surface area (Å²) in [5.41, 5.74) is 2.04. The smallest absolute Gasteiger partial charge is 0.138 e. The van der Waals surface area contributed by atoms with Crippen LogP contribution in [0.2, 0.25) is 0 Å². The van der Waals surface area contributed by atoms with Gasteiger partial charge in [0.1, 0.15) is 22.8 Å². The predicted octanol–water partition coefficient (Wildman–Crippen LogP) is 4.32. The number of benzene rings is 1. The Labute approximate surface area is 132 Å². The van der Waals surface area contributed by atoms with Crippen LogP contribution in [0.25, 0.3) is 10.2 Å². The minimum Gasteiger partial charge on any atom is -0.365 e. The van der Waals surface area contributed by atoms with Gasteiger partial charge in [0.2, 0.25) is 0 Å². The van der Waals surface area contributed by atoms with Crippen molar-refractivity contribution in [2.75, 3.05) is 5.32 Å². The van der Waals surface area contributed by atoms with Gasteiger partial charge in [-0.3, -0.25) is 0 Å². The average Bonchev–Trinajstić information content (AvgIpc) is 2.93. The van der Waals surface area contributed by atoms with Gasteiger partial charge in [0.05, 0.1) is 5.39 Å². The van der Waals surface area contributed by atoms with Crippen LogP contribution in [0, 0.1) is 5.82 Å². The van der Waals surface area contributed by atoms with Gasteiger partial charge in [-0.05, 0) is 37.3 Å². The van der Waals surface area contributed by atoms with Crippen molar-refractivity contribution in [1.82, 2.24) is 9.97 Å². The number of hydrogen-bond acceptors (Lipinski definition) is 4. The number of thiophene rings is 1. The van der Waals surface area contributed by atoms with Gasteiger partial charge >= 0.3 is 0 Å². The molecule has 0 unspecified atom stereocenters. The van der Waals surface area contributed by atoms with Crippen molar-refractivity contribution in [2.45, 2.75) is 32.2 Å². The molecular weight excluding hydrogens is 297 g/mol. The largest absolute Gasteiger partial charge is 0.365 e. The third-order valence-electron chi connectivity index (χ3n) is 4.16. The molecule has 0 aliphatic heterocycles. The van der Waals surface area contributed by atoms with E-state index in [9.17, 15) is 4.39 Å². The quantitative estimate of drug-likeness (QED) is 0.782. The van der Waals surface area contributed by atoms with Crippen molar-refractivity contribution in [1.29, 1.82) is 0 Å². The lowest BCUT2D eigenvalue weighted by atomic mass is 9.97. The molecule has 0 spiro atoms. The summed E-state index contributed by atoms with van der Waals surface area (Å²) in [5, 5.41) is 4.43. The third kappa shape index (κ3) is 2.35. The van der Waals surface area contributed by atoms with E-state index in [1.807, 2.05) is 6.07 Å². The monoisotopic (exact) mass is 313 g/mol. The van der Waals surface area contributed by atoms with Crippen LogP contribution in [-0.2, 0) is 19.4 Å². The Hall–Kier alpha value is -2.01. The Bertz CT molecular complexity index is 828. The molecule has 2 heterocycles. The topological polar surface area (TPSA) is 37.8 Å². The summed E-state index contributed by atoms with van der Waals surface area (Å²) >= 11 is 1.77. The number of nitrogens with zero attached hydrogens (tertiary/aromatic N) is 2. The molecule has 22 heavy (non-hydrogen) atoms. The Balaban J connectivity index is 1.70. The first-order valence-electron chi connectivity index (χ1n) is 7.55. The normalized spacial score (nSPS) is 14.0. The number of halogens is 1. The van der Waals surface area contributed by atoms with Crippen molar-refractivity contribution < 1.29 is 4.39 Å². The Morgan fingerprint density at radius 2 is 2.00 bits per heavy atom. The van der Waals surface area contributed by atoms with Gasteiger partial charge in [-0.1, -0.05) is 18.2 Å². The SMILES string of the molecule is Fc1ccccc1CNc1ncnc2sc3c(c12)CCCC3. The number of anilines is 1. The summed E-state index contributed by atoms with van der Waals surface area (Å²) in [7, 11) is 0. The summed E-state index contributed by atoms with van der Waals surface area (Å²) in [5.74, 6) is 0.639. The van der Waals surface area contributed by atoms with Crippen molar-refractivity contribution in [3.8, 4) is 0 Å². The fourth-order valence-corrected chi connectivity index (χ4v) is 4.27. The molecule has 1 aromatic carbocycles. The van der Waals surface area contributed by atoms with Crippen LogP contribution in [0.1, 0.15) is 28.8 Å². The number of fused-ring (bicyclic) bond motifs is 3. The zero-order valence-electron chi connectivity index (χ0n) is 12.1. The highest BCUT2D eigenvalue weighted by atomic mass is 32.1. The lowest BCUT2D eigenvalue weighted by Gasteiger charge is -2.12. The third-order valence-corrected chi connectivity index (χ3v) is 5.36. The van der Waals surface area contributed by atoms with Gasteiger partial charge in [-0.25, -0.2) is 14.4 Å². The number of nitrogens with one attached hydrogen (secondary N) is 1. The predicted molar refractivity (Wildman–Crippen MR) is 87.8 cm³/mol. The van der Waals surface area contributed by atoms with Crippen molar-refractivity contribution in [2.24, 2.45) is 0 Å². The standard InChI is InChI=1S/C17H16FN3S/c18-13-7-3-1-5-11(13)9-19-16-15-12-6-2-4-8-14(12)22-17(15)21-10-20-16/h1,3,5,7,10H,2,4,6,8-9H2,(H,19,20,21). The van der Waals surface area contributed by atoms with Gasteiger partial charge in [0, 0.05) is 17.0 Å². The molecule has 3 aromatic rings. The van der Waals surface area contributed by atoms with E-state index >= 15 is 0 Å². The highest BCUT2D eigenvalue weighted by Gasteiger charge is 2.19. The molecule has 0 saturated carbocycles. The number of rotatable bonds is 3. The molecule has 0 bridgehead atoms. The summed E-state index contributed by atoms with van der Waals surface area (Å²) in [4.78, 5) is 11.3. The Morgan fingerprint density at radius 1 is 1.14 bits per heavy atom. The fourth-order valence-electron chi connectivity index (χ4n) is 3.04. The first-order valence-corrected chi connectivity index (χ1v) is 8.37. The molecule has 2 aromatic heterocycles. The zero-order valence-corrected chi connectivity index (χ0v) is 12.9. The molecule has 1 aliphatic rings. The molecule has 0 amide bonds. The Kier molecular flexibility index (Phi) is 3.50. The summed E-state index contributed by atoms with van der Waals surface area (Å²) in [6.45, 7) is 0.434. The molecule has 5 heteroatoms. The van der Waals surface area contributed by atoms with E-state index in [0.29, 0.717) is 12.1 Å². The summed E-state index contributed by atoms with van der Waals surface area (Å²) in [6, 6.07) is 6.84. The van der Waals surface area contributed by atoms with E-state index in [2.05, 4.69) is 15.3 Å². The summed E-state index contributed by atoms with van der Waals surface area (Å²) in [6.07, 6.45) is 6.31. The van der Waals surface area contributed by atoms with E-state index in [0.717, 1.165) is 28.9 Å². The molecule has 0 saturated heterocycles. The minimum absolute atomic E-state index is 0.187. The van der Waals surface area contributed by atoms with E-state index < -0.39 is 0 Å². The molecular formula is C17H16FN3S. The number of hydrogen-bond donors (Lipinski definition) is 1. The van der Waals surface area contributed by atoms with Gasteiger partial charge in [0.25, 0.3) is 0 Å². The van der Waals surface area contributed by atoms with Gasteiger partial charge < -0.3 is 5.32 Å². The van der Waals surface area contributed by atoms with Crippen LogP contribution in [0.4, 0.5) is 10.2 Å². The maximum atomic E-state index is 13.7. The van der Waals surface area contributed by atoms with Crippen LogP contribution >= 0.6 is 11.3 Å². The van der Waals surface area contributed by atoms with Gasteiger partial charge in [-0.15, -0.1) is 11.3 Å².